The van der Waals surface area contributed by atoms with E-state index in [1.54, 1.807) is 6.07 Å². The van der Waals surface area contributed by atoms with E-state index in [1.165, 1.54) is 19.5 Å². The van der Waals surface area contributed by atoms with E-state index in [9.17, 15) is 4.79 Å². The Kier molecular flexibility index (Phi) is 3.50. The number of hydrogen-bond acceptors (Lipinski definition) is 3. The summed E-state index contributed by atoms with van der Waals surface area (Å²) in [6, 6.07) is 1.57. The molecule has 14 heavy (non-hydrogen) atoms. The van der Waals surface area contributed by atoms with Crippen LogP contribution in [0.4, 0.5) is 0 Å². The molecule has 0 atom stereocenters. The first-order valence-electron chi connectivity index (χ1n) is 3.99. The number of carbonyl (C=O) groups excluding carboxylic acids is 1. The predicted octanol–water partition coefficient (Wildman–Crippen LogP) is 0.453. The van der Waals surface area contributed by atoms with E-state index >= 15 is 0 Å². The molecule has 1 aromatic heterocycles. The lowest BCUT2D eigenvalue weighted by atomic mass is 10.2. The normalized spacial score (nSPS) is 8.86. The molecule has 72 valence electrons. The van der Waals surface area contributed by atoms with Crippen molar-refractivity contribution in [3.8, 4) is 18.1 Å². The zero-order valence-electron chi connectivity index (χ0n) is 7.78. The Balaban J connectivity index is 2.84. The SMILES string of the molecule is C#CCNC(=O)c1ccncc1OC. The fourth-order valence-electron chi connectivity index (χ4n) is 0.957. The number of pyridine rings is 1. The van der Waals surface area contributed by atoms with E-state index in [4.69, 9.17) is 11.2 Å². The van der Waals surface area contributed by atoms with Gasteiger partial charge < -0.3 is 10.1 Å². The van der Waals surface area contributed by atoms with E-state index in [1.807, 2.05) is 0 Å². The van der Waals surface area contributed by atoms with Crippen molar-refractivity contribution in [2.75, 3.05) is 13.7 Å². The van der Waals surface area contributed by atoms with Gasteiger partial charge in [0.15, 0.2) is 0 Å². The molecule has 0 saturated heterocycles. The molecule has 0 fully saturated rings. The van der Waals surface area contributed by atoms with Gasteiger partial charge in [0.25, 0.3) is 5.91 Å². The summed E-state index contributed by atoms with van der Waals surface area (Å²) in [7, 11) is 1.48. The highest BCUT2D eigenvalue weighted by Gasteiger charge is 2.10. The minimum absolute atomic E-state index is 0.199. The molecule has 0 aromatic carbocycles. The lowest BCUT2D eigenvalue weighted by molar-refractivity contribution is 0.0955. The number of methoxy groups -OCH3 is 1. The first-order chi connectivity index (χ1) is 6.79. The fourth-order valence-corrected chi connectivity index (χ4v) is 0.957. The van der Waals surface area contributed by atoms with Crippen LogP contribution in [-0.2, 0) is 0 Å². The van der Waals surface area contributed by atoms with Crippen molar-refractivity contribution in [1.82, 2.24) is 10.3 Å². The van der Waals surface area contributed by atoms with E-state index in [0.717, 1.165) is 0 Å². The van der Waals surface area contributed by atoms with Crippen LogP contribution in [0.25, 0.3) is 0 Å². The number of rotatable bonds is 3. The lowest BCUT2D eigenvalue weighted by Gasteiger charge is -2.06. The minimum atomic E-state index is -0.262. The Morgan fingerprint density at radius 3 is 3.21 bits per heavy atom. The zero-order chi connectivity index (χ0) is 10.4. The number of hydrogen-bond donors (Lipinski definition) is 1. The van der Waals surface area contributed by atoms with Crippen molar-refractivity contribution in [1.29, 1.82) is 0 Å². The van der Waals surface area contributed by atoms with Crippen LogP contribution in [0, 0.1) is 12.3 Å². The fraction of sp³-hybridized carbons (Fsp3) is 0.200. The summed E-state index contributed by atoms with van der Waals surface area (Å²) in [5, 5.41) is 2.54. The largest absolute Gasteiger partial charge is 0.494 e. The van der Waals surface area contributed by atoms with Crippen molar-refractivity contribution in [3.63, 3.8) is 0 Å². The van der Waals surface area contributed by atoms with E-state index in [2.05, 4.69) is 16.2 Å². The third kappa shape index (κ3) is 2.23. The number of amides is 1. The average Bonchev–Trinajstić information content (AvgIpc) is 2.25. The molecule has 1 rings (SSSR count). The van der Waals surface area contributed by atoms with Crippen molar-refractivity contribution in [2.45, 2.75) is 0 Å². The number of terminal acetylenes is 1. The van der Waals surface area contributed by atoms with Gasteiger partial charge in [-0.2, -0.15) is 0 Å². The van der Waals surface area contributed by atoms with Gasteiger partial charge >= 0.3 is 0 Å². The standard InChI is InChI=1S/C10H10N2O2/c1-3-5-12-10(13)8-4-6-11-7-9(8)14-2/h1,4,6-7H,5H2,2H3,(H,12,13). The van der Waals surface area contributed by atoms with Gasteiger partial charge in [-0.1, -0.05) is 5.92 Å². The molecule has 0 radical (unpaired) electrons. The highest BCUT2D eigenvalue weighted by molar-refractivity contribution is 5.96. The van der Waals surface area contributed by atoms with Gasteiger partial charge in [-0.15, -0.1) is 6.42 Å². The Morgan fingerprint density at radius 1 is 1.79 bits per heavy atom. The third-order valence-electron chi connectivity index (χ3n) is 1.60. The molecule has 0 saturated carbocycles. The maximum atomic E-state index is 11.5. The van der Waals surface area contributed by atoms with Crippen LogP contribution in [0.3, 0.4) is 0 Å². The molecule has 0 aliphatic heterocycles. The van der Waals surface area contributed by atoms with Crippen LogP contribution in [-0.4, -0.2) is 24.5 Å². The van der Waals surface area contributed by atoms with E-state index < -0.39 is 0 Å². The lowest BCUT2D eigenvalue weighted by Crippen LogP contribution is -2.24. The molecular formula is C10H10N2O2. The summed E-state index contributed by atoms with van der Waals surface area (Å²) in [6.07, 6.45) is 8.02. The molecular weight excluding hydrogens is 180 g/mol. The first-order valence-corrected chi connectivity index (χ1v) is 3.99. The summed E-state index contributed by atoms with van der Waals surface area (Å²) in [5.41, 5.74) is 0.428. The molecule has 4 heteroatoms. The highest BCUT2D eigenvalue weighted by atomic mass is 16.5. The number of ether oxygens (including phenoxy) is 1. The quantitative estimate of drug-likeness (QED) is 0.704. The topological polar surface area (TPSA) is 51.2 Å². The molecule has 1 heterocycles. The molecule has 0 aliphatic carbocycles. The average molecular weight is 190 g/mol. The zero-order valence-corrected chi connectivity index (χ0v) is 7.78. The van der Waals surface area contributed by atoms with Gasteiger partial charge in [-0.25, -0.2) is 0 Å². The van der Waals surface area contributed by atoms with Crippen LogP contribution in [0.15, 0.2) is 18.5 Å². The molecule has 4 nitrogen and oxygen atoms in total. The number of carbonyl (C=O) groups is 1. The van der Waals surface area contributed by atoms with Crippen LogP contribution in [0.1, 0.15) is 10.4 Å². The third-order valence-corrected chi connectivity index (χ3v) is 1.60. The smallest absolute Gasteiger partial charge is 0.255 e. The summed E-state index contributed by atoms with van der Waals surface area (Å²) in [4.78, 5) is 15.3. The van der Waals surface area contributed by atoms with Gasteiger partial charge in [-0.3, -0.25) is 9.78 Å². The highest BCUT2D eigenvalue weighted by Crippen LogP contribution is 2.14. The van der Waals surface area contributed by atoms with Crippen LogP contribution >= 0.6 is 0 Å². The summed E-state index contributed by atoms with van der Waals surface area (Å²) < 4.78 is 4.97. The molecule has 0 spiro atoms. The second kappa shape index (κ2) is 4.87. The van der Waals surface area contributed by atoms with Crippen molar-refractivity contribution >= 4 is 5.91 Å². The number of aromatic nitrogens is 1. The van der Waals surface area contributed by atoms with Crippen LogP contribution in [0.2, 0.25) is 0 Å². The van der Waals surface area contributed by atoms with E-state index in [-0.39, 0.29) is 12.5 Å². The van der Waals surface area contributed by atoms with Gasteiger partial charge in [0, 0.05) is 6.20 Å². The van der Waals surface area contributed by atoms with Gasteiger partial charge in [0.2, 0.25) is 0 Å². The molecule has 1 aromatic rings. The monoisotopic (exact) mass is 190 g/mol. The van der Waals surface area contributed by atoms with Crippen molar-refractivity contribution in [3.05, 3.63) is 24.0 Å². The van der Waals surface area contributed by atoms with Crippen LogP contribution in [0.5, 0.6) is 5.75 Å². The summed E-state index contributed by atoms with van der Waals surface area (Å²) in [6.45, 7) is 0.199. The number of nitrogens with zero attached hydrogens (tertiary/aromatic N) is 1. The van der Waals surface area contributed by atoms with Crippen LogP contribution < -0.4 is 10.1 Å². The first kappa shape index (κ1) is 10.1. The molecule has 1 N–H and O–H groups in total. The Hall–Kier alpha value is -2.02. The molecule has 1 amide bonds. The molecule has 0 bridgehead atoms. The predicted molar refractivity (Wildman–Crippen MR) is 52.0 cm³/mol. The minimum Gasteiger partial charge on any atom is -0.494 e. The summed E-state index contributed by atoms with van der Waals surface area (Å²) >= 11 is 0. The van der Waals surface area contributed by atoms with Crippen molar-refractivity contribution in [2.24, 2.45) is 0 Å². The Labute approximate surface area is 82.3 Å². The Morgan fingerprint density at radius 2 is 2.57 bits per heavy atom. The Bertz CT molecular complexity index is 369. The van der Waals surface area contributed by atoms with Gasteiger partial charge in [0.05, 0.1) is 25.4 Å². The second-order valence-electron chi connectivity index (χ2n) is 2.46. The van der Waals surface area contributed by atoms with E-state index in [0.29, 0.717) is 11.3 Å². The van der Waals surface area contributed by atoms with Crippen molar-refractivity contribution < 1.29 is 9.53 Å². The maximum absolute atomic E-state index is 11.5. The molecule has 0 aliphatic rings. The number of nitrogens with one attached hydrogen (secondary N) is 1. The van der Waals surface area contributed by atoms with Gasteiger partial charge in [-0.05, 0) is 6.07 Å². The van der Waals surface area contributed by atoms with Gasteiger partial charge in [0.1, 0.15) is 5.75 Å². The second-order valence-corrected chi connectivity index (χ2v) is 2.46. The maximum Gasteiger partial charge on any atom is 0.255 e. The summed E-state index contributed by atoms with van der Waals surface area (Å²) in [5.74, 6) is 2.49. The molecule has 0 unspecified atom stereocenters.